The fourth-order valence-corrected chi connectivity index (χ4v) is 4.59. The molecule has 1 aliphatic rings. The van der Waals surface area contributed by atoms with E-state index in [0.29, 0.717) is 30.7 Å². The minimum atomic E-state index is 0.0869. The standard InChI is InChI=1S/C25H25N5O3S/c1-2-32-19-9-7-18(8-10-19)20-11-12-23(28-27-20)29-13-15-30(16-14-29)24(31)17-34-25-26-21-5-3-4-6-22(21)33-25/h3-12H,2,13-17H2,1H3. The number of nitrogens with zero attached hydrogens (tertiary/aromatic N) is 5. The first kappa shape index (κ1) is 22.2. The summed E-state index contributed by atoms with van der Waals surface area (Å²) >= 11 is 1.34. The molecule has 5 rings (SSSR count). The number of para-hydroxylation sites is 2. The summed E-state index contributed by atoms with van der Waals surface area (Å²) in [5, 5.41) is 9.35. The van der Waals surface area contributed by atoms with Crippen molar-refractivity contribution in [2.24, 2.45) is 0 Å². The summed E-state index contributed by atoms with van der Waals surface area (Å²) in [6.45, 7) is 5.34. The second kappa shape index (κ2) is 10.1. The number of anilines is 1. The number of hydrogen-bond acceptors (Lipinski definition) is 8. The molecule has 0 unspecified atom stereocenters. The minimum Gasteiger partial charge on any atom is -0.494 e. The second-order valence-electron chi connectivity index (χ2n) is 7.84. The number of benzene rings is 2. The Labute approximate surface area is 201 Å². The molecule has 0 radical (unpaired) electrons. The first-order valence-corrected chi connectivity index (χ1v) is 12.3. The van der Waals surface area contributed by atoms with Gasteiger partial charge in [-0.25, -0.2) is 4.98 Å². The number of thioether (sulfide) groups is 1. The van der Waals surface area contributed by atoms with Gasteiger partial charge in [-0.2, -0.15) is 0 Å². The predicted molar refractivity (Wildman–Crippen MR) is 132 cm³/mol. The van der Waals surface area contributed by atoms with E-state index in [1.165, 1.54) is 11.8 Å². The SMILES string of the molecule is CCOc1ccc(-c2ccc(N3CCN(C(=O)CSc4nc5ccccc5o4)CC3)nn2)cc1. The Morgan fingerprint density at radius 1 is 1.00 bits per heavy atom. The molecule has 1 saturated heterocycles. The van der Waals surface area contributed by atoms with Crippen LogP contribution in [0, 0.1) is 0 Å². The van der Waals surface area contributed by atoms with Gasteiger partial charge in [0.25, 0.3) is 5.22 Å². The van der Waals surface area contributed by atoms with E-state index >= 15 is 0 Å². The topological polar surface area (TPSA) is 84.6 Å². The van der Waals surface area contributed by atoms with Crippen molar-refractivity contribution >= 4 is 34.6 Å². The van der Waals surface area contributed by atoms with Gasteiger partial charge in [0.05, 0.1) is 18.1 Å². The molecule has 1 aliphatic heterocycles. The maximum Gasteiger partial charge on any atom is 0.257 e. The monoisotopic (exact) mass is 475 g/mol. The molecule has 0 bridgehead atoms. The highest BCUT2D eigenvalue weighted by atomic mass is 32.2. The lowest BCUT2D eigenvalue weighted by atomic mass is 10.1. The van der Waals surface area contributed by atoms with Gasteiger partial charge in [-0.1, -0.05) is 23.9 Å². The Balaban J connectivity index is 1.12. The Kier molecular flexibility index (Phi) is 6.62. The van der Waals surface area contributed by atoms with Crippen LogP contribution in [0.4, 0.5) is 5.82 Å². The Morgan fingerprint density at radius 3 is 2.50 bits per heavy atom. The van der Waals surface area contributed by atoms with E-state index < -0.39 is 0 Å². The molecule has 1 amide bonds. The lowest BCUT2D eigenvalue weighted by molar-refractivity contribution is -0.128. The molecule has 0 aliphatic carbocycles. The van der Waals surface area contributed by atoms with Gasteiger partial charge in [-0.15, -0.1) is 10.2 Å². The summed E-state index contributed by atoms with van der Waals surface area (Å²) in [6, 6.07) is 19.4. The molecule has 9 heteroatoms. The number of carbonyl (C=O) groups is 1. The van der Waals surface area contributed by atoms with Crippen LogP contribution < -0.4 is 9.64 Å². The quantitative estimate of drug-likeness (QED) is 0.369. The zero-order valence-electron chi connectivity index (χ0n) is 18.9. The molecule has 0 spiro atoms. The van der Waals surface area contributed by atoms with Gasteiger partial charge < -0.3 is 19.0 Å². The van der Waals surface area contributed by atoms with Crippen molar-refractivity contribution in [2.45, 2.75) is 12.1 Å². The largest absolute Gasteiger partial charge is 0.494 e. The van der Waals surface area contributed by atoms with E-state index in [1.54, 1.807) is 0 Å². The molecule has 8 nitrogen and oxygen atoms in total. The van der Waals surface area contributed by atoms with Crippen LogP contribution in [-0.4, -0.2) is 64.5 Å². The van der Waals surface area contributed by atoms with Gasteiger partial charge in [0.1, 0.15) is 11.3 Å². The van der Waals surface area contributed by atoms with E-state index in [9.17, 15) is 4.79 Å². The summed E-state index contributed by atoms with van der Waals surface area (Å²) in [5.41, 5.74) is 3.35. The van der Waals surface area contributed by atoms with Crippen LogP contribution >= 0.6 is 11.8 Å². The van der Waals surface area contributed by atoms with Crippen LogP contribution in [0.2, 0.25) is 0 Å². The van der Waals surface area contributed by atoms with Crippen LogP contribution in [-0.2, 0) is 4.79 Å². The van der Waals surface area contributed by atoms with E-state index in [0.717, 1.165) is 47.0 Å². The van der Waals surface area contributed by atoms with Gasteiger partial charge in [0.15, 0.2) is 11.4 Å². The normalized spacial score (nSPS) is 13.9. The number of carbonyl (C=O) groups excluding carboxylic acids is 1. The molecular formula is C25H25N5O3S. The third-order valence-corrected chi connectivity index (χ3v) is 6.47. The van der Waals surface area contributed by atoms with E-state index in [2.05, 4.69) is 20.1 Å². The third-order valence-electron chi connectivity index (χ3n) is 5.66. The average molecular weight is 476 g/mol. The average Bonchev–Trinajstić information content (AvgIpc) is 3.31. The summed E-state index contributed by atoms with van der Waals surface area (Å²) in [5.74, 6) is 2.06. The molecule has 1 fully saturated rings. The number of oxazole rings is 1. The lowest BCUT2D eigenvalue weighted by Crippen LogP contribution is -2.49. The van der Waals surface area contributed by atoms with Crippen molar-refractivity contribution in [1.29, 1.82) is 0 Å². The van der Waals surface area contributed by atoms with E-state index in [-0.39, 0.29) is 5.91 Å². The van der Waals surface area contributed by atoms with Crippen molar-refractivity contribution in [3.63, 3.8) is 0 Å². The van der Waals surface area contributed by atoms with Crippen molar-refractivity contribution in [3.05, 3.63) is 60.7 Å². The fourth-order valence-electron chi connectivity index (χ4n) is 3.85. The Hall–Kier alpha value is -3.59. The first-order chi connectivity index (χ1) is 16.7. The Bertz CT molecular complexity index is 1220. The van der Waals surface area contributed by atoms with Crippen LogP contribution in [0.3, 0.4) is 0 Å². The van der Waals surface area contributed by atoms with Crippen molar-refractivity contribution in [2.75, 3.05) is 43.4 Å². The van der Waals surface area contributed by atoms with Crippen LogP contribution in [0.15, 0.2) is 70.3 Å². The molecule has 0 N–H and O–H groups in total. The summed E-state index contributed by atoms with van der Waals surface area (Å²) in [7, 11) is 0. The minimum absolute atomic E-state index is 0.0869. The maximum absolute atomic E-state index is 12.7. The Morgan fingerprint density at radius 2 is 1.79 bits per heavy atom. The molecule has 2 aromatic heterocycles. The number of ether oxygens (including phenoxy) is 1. The molecular weight excluding hydrogens is 450 g/mol. The summed E-state index contributed by atoms with van der Waals surface area (Å²) in [4.78, 5) is 21.1. The fraction of sp³-hybridized carbons (Fsp3) is 0.280. The number of aromatic nitrogens is 3. The van der Waals surface area contributed by atoms with Gasteiger partial charge in [0.2, 0.25) is 5.91 Å². The van der Waals surface area contributed by atoms with E-state index in [1.807, 2.05) is 72.5 Å². The zero-order valence-corrected chi connectivity index (χ0v) is 19.7. The first-order valence-electron chi connectivity index (χ1n) is 11.3. The number of hydrogen-bond donors (Lipinski definition) is 0. The van der Waals surface area contributed by atoms with Crippen LogP contribution in [0.1, 0.15) is 6.92 Å². The molecule has 3 heterocycles. The number of amides is 1. The maximum atomic E-state index is 12.7. The zero-order chi connectivity index (χ0) is 23.3. The van der Waals surface area contributed by atoms with Crippen LogP contribution in [0.25, 0.3) is 22.4 Å². The van der Waals surface area contributed by atoms with Crippen molar-refractivity contribution in [1.82, 2.24) is 20.1 Å². The molecule has 2 aromatic carbocycles. The lowest BCUT2D eigenvalue weighted by Gasteiger charge is -2.35. The molecule has 34 heavy (non-hydrogen) atoms. The number of rotatable bonds is 7. The number of piperazine rings is 1. The van der Waals surface area contributed by atoms with E-state index in [4.69, 9.17) is 9.15 Å². The third kappa shape index (κ3) is 4.99. The highest BCUT2D eigenvalue weighted by Gasteiger charge is 2.23. The number of fused-ring (bicyclic) bond motifs is 1. The smallest absolute Gasteiger partial charge is 0.257 e. The highest BCUT2D eigenvalue weighted by Crippen LogP contribution is 2.24. The predicted octanol–water partition coefficient (Wildman–Crippen LogP) is 4.12. The van der Waals surface area contributed by atoms with Crippen molar-refractivity contribution in [3.8, 4) is 17.0 Å². The second-order valence-corrected chi connectivity index (χ2v) is 8.76. The molecule has 174 valence electrons. The van der Waals surface area contributed by atoms with Gasteiger partial charge in [-0.3, -0.25) is 4.79 Å². The van der Waals surface area contributed by atoms with Crippen molar-refractivity contribution < 1.29 is 13.9 Å². The highest BCUT2D eigenvalue weighted by molar-refractivity contribution is 7.99. The molecule has 0 atom stereocenters. The van der Waals surface area contributed by atoms with Gasteiger partial charge in [-0.05, 0) is 55.5 Å². The van der Waals surface area contributed by atoms with Gasteiger partial charge >= 0.3 is 0 Å². The molecule has 4 aromatic rings. The van der Waals surface area contributed by atoms with Gasteiger partial charge in [0, 0.05) is 31.7 Å². The summed E-state index contributed by atoms with van der Waals surface area (Å²) < 4.78 is 11.2. The van der Waals surface area contributed by atoms with Crippen LogP contribution in [0.5, 0.6) is 5.75 Å². The summed E-state index contributed by atoms with van der Waals surface area (Å²) in [6.07, 6.45) is 0. The molecule has 0 saturated carbocycles.